The molecule has 2 N–H and O–H groups in total. The molecule has 0 amide bonds. The molecule has 0 aromatic heterocycles. The third kappa shape index (κ3) is 2.93. The van der Waals surface area contributed by atoms with Gasteiger partial charge in [0.15, 0.2) is 0 Å². The third-order valence-corrected chi connectivity index (χ3v) is 9.61. The van der Waals surface area contributed by atoms with E-state index in [9.17, 15) is 0 Å². The first kappa shape index (κ1) is 18.8. The van der Waals surface area contributed by atoms with Crippen LogP contribution in [0.1, 0.15) is 85.0 Å². The summed E-state index contributed by atoms with van der Waals surface area (Å²) in [5, 5.41) is 4.48. The molecule has 3 nitrogen and oxygen atoms in total. The Balaban J connectivity index is 1.46. The molecule has 4 aliphatic carbocycles. The van der Waals surface area contributed by atoms with Crippen LogP contribution in [0.2, 0.25) is 0 Å². The van der Waals surface area contributed by atoms with Crippen LogP contribution in [0.25, 0.3) is 0 Å². The fourth-order valence-corrected chi connectivity index (χ4v) is 7.69. The van der Waals surface area contributed by atoms with Crippen molar-refractivity contribution in [1.29, 1.82) is 0 Å². The van der Waals surface area contributed by atoms with Crippen LogP contribution in [-0.2, 0) is 4.84 Å². The molecule has 0 aromatic carbocycles. The lowest BCUT2D eigenvalue weighted by Gasteiger charge is -2.60. The molecule has 7 atom stereocenters. The summed E-state index contributed by atoms with van der Waals surface area (Å²) in [6.07, 6.45) is 13.4. The van der Waals surface area contributed by atoms with E-state index < -0.39 is 0 Å². The lowest BCUT2D eigenvalue weighted by atomic mass is 9.45. The highest BCUT2D eigenvalue weighted by molar-refractivity contribution is 5.85. The molecular formula is C23H40N2O. The maximum absolute atomic E-state index is 5.54. The summed E-state index contributed by atoms with van der Waals surface area (Å²) < 4.78 is 0. The number of nitrogens with zero attached hydrogens (tertiary/aromatic N) is 1. The van der Waals surface area contributed by atoms with Crippen LogP contribution < -0.4 is 5.73 Å². The highest BCUT2D eigenvalue weighted by Gasteiger charge is 2.59. The van der Waals surface area contributed by atoms with Gasteiger partial charge in [-0.25, -0.2) is 0 Å². The molecule has 0 aliphatic heterocycles. The summed E-state index contributed by atoms with van der Waals surface area (Å²) in [4.78, 5) is 5.52. The molecule has 0 spiro atoms. The third-order valence-electron chi connectivity index (χ3n) is 9.61. The standard InChI is InChI=1S/C23H40N2O/c1-16-5-8-20-19-7-6-17-15-18(25-26-14-4-13-24)9-11-23(17,3)21(19)10-12-22(16,20)2/h16-17,19-21H,4-15,24H2,1-3H3/t16-,17?,19?,20?,21?,22+,23-/m0/s1. The maximum atomic E-state index is 5.54. The molecule has 26 heavy (non-hydrogen) atoms. The normalized spacial score (nSPS) is 49.4. The first-order valence-electron chi connectivity index (χ1n) is 11.4. The van der Waals surface area contributed by atoms with Crippen LogP contribution in [0.15, 0.2) is 5.16 Å². The maximum Gasteiger partial charge on any atom is 0.118 e. The molecule has 4 rings (SSSR count). The van der Waals surface area contributed by atoms with Gasteiger partial charge in [-0.05, 0) is 111 Å². The van der Waals surface area contributed by atoms with Crippen LogP contribution in [0, 0.1) is 40.4 Å². The Morgan fingerprint density at radius 3 is 2.65 bits per heavy atom. The van der Waals surface area contributed by atoms with E-state index in [-0.39, 0.29) is 0 Å². The first-order valence-corrected chi connectivity index (χ1v) is 11.4. The van der Waals surface area contributed by atoms with Crippen LogP contribution >= 0.6 is 0 Å². The van der Waals surface area contributed by atoms with Gasteiger partial charge in [0.1, 0.15) is 6.61 Å². The number of fused-ring (bicyclic) bond motifs is 5. The Bertz CT molecular complexity index is 546. The molecule has 4 saturated carbocycles. The Hall–Kier alpha value is -0.570. The second-order valence-electron chi connectivity index (χ2n) is 10.5. The Labute approximate surface area is 160 Å². The van der Waals surface area contributed by atoms with Crippen molar-refractivity contribution in [3.05, 3.63) is 0 Å². The fraction of sp³-hybridized carbons (Fsp3) is 0.957. The van der Waals surface area contributed by atoms with Crippen molar-refractivity contribution in [2.75, 3.05) is 13.2 Å². The van der Waals surface area contributed by atoms with Crippen molar-refractivity contribution in [1.82, 2.24) is 0 Å². The summed E-state index contributed by atoms with van der Waals surface area (Å²) in [6.45, 7) is 9.16. The molecule has 0 saturated heterocycles. The zero-order valence-electron chi connectivity index (χ0n) is 17.3. The highest BCUT2D eigenvalue weighted by Crippen LogP contribution is 2.67. The molecule has 0 aromatic rings. The predicted molar refractivity (Wildman–Crippen MR) is 108 cm³/mol. The number of oxime groups is 1. The highest BCUT2D eigenvalue weighted by atomic mass is 16.6. The van der Waals surface area contributed by atoms with E-state index in [4.69, 9.17) is 10.6 Å². The van der Waals surface area contributed by atoms with Gasteiger partial charge in [0.25, 0.3) is 0 Å². The van der Waals surface area contributed by atoms with Gasteiger partial charge in [-0.1, -0.05) is 25.9 Å². The zero-order valence-corrected chi connectivity index (χ0v) is 17.3. The molecular weight excluding hydrogens is 320 g/mol. The number of rotatable bonds is 4. The quantitative estimate of drug-likeness (QED) is 0.540. The van der Waals surface area contributed by atoms with Crippen molar-refractivity contribution in [3.63, 3.8) is 0 Å². The van der Waals surface area contributed by atoms with Crippen molar-refractivity contribution < 1.29 is 4.84 Å². The predicted octanol–water partition coefficient (Wildman–Crippen LogP) is 5.39. The van der Waals surface area contributed by atoms with Gasteiger partial charge in [-0.3, -0.25) is 0 Å². The topological polar surface area (TPSA) is 47.6 Å². The first-order chi connectivity index (χ1) is 12.5. The average Bonchev–Trinajstić information content (AvgIpc) is 2.94. The van der Waals surface area contributed by atoms with Crippen molar-refractivity contribution >= 4 is 5.71 Å². The summed E-state index contributed by atoms with van der Waals surface area (Å²) in [7, 11) is 0. The van der Waals surface area contributed by atoms with E-state index in [1.54, 1.807) is 0 Å². The van der Waals surface area contributed by atoms with Gasteiger partial charge in [-0.2, -0.15) is 0 Å². The lowest BCUT2D eigenvalue weighted by molar-refractivity contribution is -0.0994. The average molecular weight is 361 g/mol. The molecule has 3 heteroatoms. The smallest absolute Gasteiger partial charge is 0.118 e. The van der Waals surface area contributed by atoms with E-state index >= 15 is 0 Å². The van der Waals surface area contributed by atoms with Crippen molar-refractivity contribution in [3.8, 4) is 0 Å². The minimum absolute atomic E-state index is 0.548. The van der Waals surface area contributed by atoms with Crippen molar-refractivity contribution in [2.45, 2.75) is 85.0 Å². The lowest BCUT2D eigenvalue weighted by Crippen LogP contribution is -2.53. The molecule has 0 radical (unpaired) electrons. The molecule has 0 heterocycles. The number of hydrogen-bond acceptors (Lipinski definition) is 3. The monoisotopic (exact) mass is 360 g/mol. The fourth-order valence-electron chi connectivity index (χ4n) is 7.69. The summed E-state index contributed by atoms with van der Waals surface area (Å²) in [6, 6.07) is 0. The minimum Gasteiger partial charge on any atom is -0.396 e. The van der Waals surface area contributed by atoms with Crippen LogP contribution in [-0.4, -0.2) is 18.9 Å². The van der Waals surface area contributed by atoms with Gasteiger partial charge in [0.05, 0.1) is 5.71 Å². The summed E-state index contributed by atoms with van der Waals surface area (Å²) in [5.74, 6) is 4.74. The van der Waals surface area contributed by atoms with Crippen LogP contribution in [0.4, 0.5) is 0 Å². The van der Waals surface area contributed by atoms with Gasteiger partial charge < -0.3 is 10.6 Å². The largest absolute Gasteiger partial charge is 0.396 e. The number of hydrogen-bond donors (Lipinski definition) is 1. The van der Waals surface area contributed by atoms with E-state index in [2.05, 4.69) is 25.9 Å². The van der Waals surface area contributed by atoms with E-state index in [1.165, 1.54) is 57.1 Å². The minimum atomic E-state index is 0.548. The number of nitrogens with two attached hydrogens (primary N) is 1. The summed E-state index contributed by atoms with van der Waals surface area (Å²) >= 11 is 0. The van der Waals surface area contributed by atoms with E-state index in [1.807, 2.05) is 0 Å². The molecule has 4 unspecified atom stereocenters. The van der Waals surface area contributed by atoms with Crippen LogP contribution in [0.5, 0.6) is 0 Å². The summed E-state index contributed by atoms with van der Waals surface area (Å²) in [5.41, 5.74) is 8.05. The Morgan fingerprint density at radius 2 is 1.85 bits per heavy atom. The SMILES string of the molecule is C[C@H]1CCC2C3CCC4CC(=NOCCCN)CC[C@]4(C)C3CC[C@@]21C. The Morgan fingerprint density at radius 1 is 1.04 bits per heavy atom. The molecule has 0 bridgehead atoms. The Kier molecular flexibility index (Phi) is 5.14. The van der Waals surface area contributed by atoms with Gasteiger partial charge in [0.2, 0.25) is 0 Å². The van der Waals surface area contributed by atoms with Gasteiger partial charge >= 0.3 is 0 Å². The van der Waals surface area contributed by atoms with Crippen molar-refractivity contribution in [2.24, 2.45) is 51.3 Å². The zero-order chi connectivity index (χ0) is 18.4. The molecule has 148 valence electrons. The van der Waals surface area contributed by atoms with Crippen LogP contribution in [0.3, 0.4) is 0 Å². The van der Waals surface area contributed by atoms with E-state index in [0.29, 0.717) is 24.0 Å². The van der Waals surface area contributed by atoms with Gasteiger partial charge in [-0.15, -0.1) is 0 Å². The van der Waals surface area contributed by atoms with Gasteiger partial charge in [0, 0.05) is 0 Å². The van der Waals surface area contributed by atoms with E-state index in [0.717, 1.165) is 42.4 Å². The second-order valence-corrected chi connectivity index (χ2v) is 10.5. The molecule has 4 aliphatic rings. The second kappa shape index (κ2) is 7.11. The molecule has 4 fully saturated rings.